The van der Waals surface area contributed by atoms with Gasteiger partial charge in [-0.3, -0.25) is 4.79 Å². The van der Waals surface area contributed by atoms with Gasteiger partial charge in [0.05, 0.1) is 25.5 Å². The number of amides is 1. The Balaban J connectivity index is 1.78. The summed E-state index contributed by atoms with van der Waals surface area (Å²) in [6.07, 6.45) is 4.50. The number of hydrogen-bond donors (Lipinski definition) is 0. The van der Waals surface area contributed by atoms with E-state index in [0.29, 0.717) is 23.3 Å². The van der Waals surface area contributed by atoms with Gasteiger partial charge in [-0.05, 0) is 50.3 Å². The molecule has 5 nitrogen and oxygen atoms in total. The number of hydrogen-bond acceptors (Lipinski definition) is 5. The van der Waals surface area contributed by atoms with Gasteiger partial charge in [0.25, 0.3) is 0 Å². The van der Waals surface area contributed by atoms with Crippen LogP contribution in [0.15, 0.2) is 23.2 Å². The van der Waals surface area contributed by atoms with Crippen molar-refractivity contribution in [2.75, 3.05) is 26.5 Å². The van der Waals surface area contributed by atoms with Gasteiger partial charge in [0.15, 0.2) is 11.5 Å². The number of carbonyl (C=O) groups excluding carboxylic acids is 1. The molecule has 146 valence electrons. The number of rotatable bonds is 6. The van der Waals surface area contributed by atoms with E-state index in [4.69, 9.17) is 14.5 Å². The molecule has 0 saturated carbocycles. The van der Waals surface area contributed by atoms with E-state index in [9.17, 15) is 4.79 Å². The molecule has 1 fully saturated rings. The summed E-state index contributed by atoms with van der Waals surface area (Å²) in [4.78, 5) is 19.6. The van der Waals surface area contributed by atoms with Crippen LogP contribution in [0.1, 0.15) is 38.2 Å². The minimum Gasteiger partial charge on any atom is -0.493 e. The molecule has 0 aliphatic carbocycles. The summed E-state index contributed by atoms with van der Waals surface area (Å²) >= 11 is 1.53. The summed E-state index contributed by atoms with van der Waals surface area (Å²) in [5, 5.41) is 1.90. The van der Waals surface area contributed by atoms with Crippen LogP contribution in [0.4, 0.5) is 0 Å². The van der Waals surface area contributed by atoms with Gasteiger partial charge in [0.2, 0.25) is 5.91 Å². The molecule has 1 atom stereocenters. The highest BCUT2D eigenvalue weighted by molar-refractivity contribution is 7.99. The smallest absolute Gasteiger partial charge is 0.233 e. The van der Waals surface area contributed by atoms with Gasteiger partial charge >= 0.3 is 0 Å². The highest BCUT2D eigenvalue weighted by Crippen LogP contribution is 2.34. The number of pyridine rings is 1. The first-order chi connectivity index (χ1) is 13.1. The van der Waals surface area contributed by atoms with E-state index < -0.39 is 0 Å². The molecule has 0 radical (unpaired) electrons. The van der Waals surface area contributed by atoms with Gasteiger partial charge in [0, 0.05) is 24.0 Å². The standard InChI is InChI=1S/C21H28N2O3S/c1-5-16-8-6-7-9-23(16)20(24)13-27-21-14(2)10-15-11-18(25-3)19(26-4)12-17(15)22-21/h10-12,16H,5-9,13H2,1-4H3/t16-/m1/s1. The van der Waals surface area contributed by atoms with Crippen LogP contribution in [-0.2, 0) is 4.79 Å². The fourth-order valence-electron chi connectivity index (χ4n) is 3.70. The van der Waals surface area contributed by atoms with Gasteiger partial charge in [-0.25, -0.2) is 4.98 Å². The Bertz CT molecular complexity index is 825. The number of piperidine rings is 1. The molecule has 1 aliphatic heterocycles. The fraction of sp³-hybridized carbons (Fsp3) is 0.524. The largest absolute Gasteiger partial charge is 0.493 e. The van der Waals surface area contributed by atoms with Crippen LogP contribution in [0, 0.1) is 6.92 Å². The molecule has 0 unspecified atom stereocenters. The number of aromatic nitrogens is 1. The number of carbonyl (C=O) groups is 1. The van der Waals surface area contributed by atoms with Crippen LogP contribution < -0.4 is 9.47 Å². The Morgan fingerprint density at radius 1 is 1.22 bits per heavy atom. The molecule has 1 aromatic heterocycles. The van der Waals surface area contributed by atoms with Crippen molar-refractivity contribution in [1.29, 1.82) is 0 Å². The summed E-state index contributed by atoms with van der Waals surface area (Å²) in [6.45, 7) is 5.09. The maximum Gasteiger partial charge on any atom is 0.233 e. The molecule has 1 aliphatic rings. The van der Waals surface area contributed by atoms with Crippen molar-refractivity contribution in [2.45, 2.75) is 50.6 Å². The number of nitrogens with zero attached hydrogens (tertiary/aromatic N) is 2. The molecule has 0 bridgehead atoms. The lowest BCUT2D eigenvalue weighted by Gasteiger charge is -2.35. The number of thioether (sulfide) groups is 1. The van der Waals surface area contributed by atoms with Crippen LogP contribution in [0.3, 0.4) is 0 Å². The minimum atomic E-state index is 0.222. The zero-order valence-electron chi connectivity index (χ0n) is 16.6. The van der Waals surface area contributed by atoms with Crippen molar-refractivity contribution in [3.8, 4) is 11.5 Å². The third-order valence-corrected chi connectivity index (χ3v) is 6.29. The van der Waals surface area contributed by atoms with Gasteiger partial charge in [0.1, 0.15) is 5.03 Å². The average Bonchev–Trinajstić information content (AvgIpc) is 2.70. The van der Waals surface area contributed by atoms with Crippen LogP contribution in [0.25, 0.3) is 10.9 Å². The minimum absolute atomic E-state index is 0.222. The lowest BCUT2D eigenvalue weighted by Crippen LogP contribution is -2.44. The summed E-state index contributed by atoms with van der Waals surface area (Å²) in [7, 11) is 3.25. The second-order valence-electron chi connectivity index (χ2n) is 6.94. The van der Waals surface area contributed by atoms with E-state index >= 15 is 0 Å². The molecular weight excluding hydrogens is 360 g/mol. The van der Waals surface area contributed by atoms with Crippen molar-refractivity contribution < 1.29 is 14.3 Å². The van der Waals surface area contributed by atoms with Crippen molar-refractivity contribution in [3.63, 3.8) is 0 Å². The van der Waals surface area contributed by atoms with E-state index in [0.717, 1.165) is 47.3 Å². The van der Waals surface area contributed by atoms with Crippen molar-refractivity contribution in [1.82, 2.24) is 9.88 Å². The molecular formula is C21H28N2O3S. The van der Waals surface area contributed by atoms with E-state index in [-0.39, 0.29) is 5.91 Å². The quantitative estimate of drug-likeness (QED) is 0.685. The first-order valence-corrected chi connectivity index (χ1v) is 10.5. The lowest BCUT2D eigenvalue weighted by molar-refractivity contribution is -0.132. The number of likely N-dealkylation sites (tertiary alicyclic amines) is 1. The third kappa shape index (κ3) is 4.32. The van der Waals surface area contributed by atoms with E-state index in [1.54, 1.807) is 14.2 Å². The van der Waals surface area contributed by atoms with Crippen molar-refractivity contribution in [2.24, 2.45) is 0 Å². The molecule has 6 heteroatoms. The van der Waals surface area contributed by atoms with Gasteiger partial charge in [-0.1, -0.05) is 18.7 Å². The first kappa shape index (κ1) is 19.8. The van der Waals surface area contributed by atoms with Crippen molar-refractivity contribution in [3.05, 3.63) is 23.8 Å². The number of methoxy groups -OCH3 is 2. The van der Waals surface area contributed by atoms with Gasteiger partial charge < -0.3 is 14.4 Å². The molecule has 1 amide bonds. The maximum absolute atomic E-state index is 12.7. The second-order valence-corrected chi connectivity index (χ2v) is 7.91. The molecule has 0 N–H and O–H groups in total. The van der Waals surface area contributed by atoms with Crippen LogP contribution in [0.5, 0.6) is 11.5 Å². The second kappa shape index (κ2) is 8.83. The van der Waals surface area contributed by atoms with Crippen molar-refractivity contribution >= 4 is 28.6 Å². The predicted octanol–water partition coefficient (Wildman–Crippen LogP) is 4.44. The Kier molecular flexibility index (Phi) is 6.47. The fourth-order valence-corrected chi connectivity index (χ4v) is 4.58. The third-order valence-electron chi connectivity index (χ3n) is 5.22. The Morgan fingerprint density at radius 3 is 2.67 bits per heavy atom. The molecule has 1 saturated heterocycles. The number of ether oxygens (including phenoxy) is 2. The topological polar surface area (TPSA) is 51.7 Å². The zero-order valence-corrected chi connectivity index (χ0v) is 17.4. The number of benzene rings is 1. The number of fused-ring (bicyclic) bond motifs is 1. The highest BCUT2D eigenvalue weighted by atomic mass is 32.2. The summed E-state index contributed by atoms with van der Waals surface area (Å²) in [5.74, 6) is 2.01. The zero-order chi connectivity index (χ0) is 19.4. The average molecular weight is 389 g/mol. The van der Waals surface area contributed by atoms with Crippen LogP contribution >= 0.6 is 11.8 Å². The molecule has 3 rings (SSSR count). The molecule has 0 spiro atoms. The van der Waals surface area contributed by atoms with Crippen LogP contribution in [-0.4, -0.2) is 48.4 Å². The van der Waals surface area contributed by atoms with E-state index in [2.05, 4.69) is 17.9 Å². The maximum atomic E-state index is 12.7. The molecule has 27 heavy (non-hydrogen) atoms. The summed E-state index contributed by atoms with van der Waals surface area (Å²) in [5.41, 5.74) is 1.91. The predicted molar refractivity (Wildman–Crippen MR) is 110 cm³/mol. The van der Waals surface area contributed by atoms with Crippen LogP contribution in [0.2, 0.25) is 0 Å². The Labute approximate surface area is 165 Å². The molecule has 2 heterocycles. The first-order valence-electron chi connectivity index (χ1n) is 9.53. The van der Waals surface area contributed by atoms with E-state index in [1.165, 1.54) is 18.2 Å². The summed E-state index contributed by atoms with van der Waals surface area (Å²) < 4.78 is 10.8. The Hall–Kier alpha value is -1.95. The van der Waals surface area contributed by atoms with E-state index in [1.807, 2.05) is 19.1 Å². The monoisotopic (exact) mass is 388 g/mol. The lowest BCUT2D eigenvalue weighted by atomic mass is 10.0. The number of aryl methyl sites for hydroxylation is 1. The highest BCUT2D eigenvalue weighted by Gasteiger charge is 2.25. The SMILES string of the molecule is CC[C@@H]1CCCCN1C(=O)CSc1nc2cc(OC)c(OC)cc2cc1C. The normalized spacial score (nSPS) is 17.2. The molecule has 2 aromatic rings. The molecule has 1 aromatic carbocycles. The van der Waals surface area contributed by atoms with Gasteiger partial charge in [-0.15, -0.1) is 0 Å². The van der Waals surface area contributed by atoms with Gasteiger partial charge in [-0.2, -0.15) is 0 Å². The summed E-state index contributed by atoms with van der Waals surface area (Å²) in [6, 6.07) is 6.31. The Morgan fingerprint density at radius 2 is 1.96 bits per heavy atom.